The fourth-order valence-corrected chi connectivity index (χ4v) is 1.53. The molecule has 5 heteroatoms. The molecule has 0 bridgehead atoms. The monoisotopic (exact) mass is 222 g/mol. The van der Waals surface area contributed by atoms with Crippen molar-refractivity contribution in [2.75, 3.05) is 0 Å². The molecule has 2 aromatic rings. The number of carboxylic acid groups (broad SMARTS) is 1. The quantitative estimate of drug-likeness (QED) is 0.578. The second-order valence-electron chi connectivity index (χ2n) is 3.50. The minimum absolute atomic E-state index is 0.0643. The van der Waals surface area contributed by atoms with Crippen LogP contribution in [0.15, 0.2) is 24.4 Å². The molecule has 0 radical (unpaired) electrons. The van der Waals surface area contributed by atoms with E-state index in [-0.39, 0.29) is 5.75 Å². The number of nitrogens with one attached hydrogen (secondary N) is 1. The summed E-state index contributed by atoms with van der Waals surface area (Å²) in [7, 11) is 0. The number of fused-ring (bicyclic) bond motifs is 1. The van der Waals surface area contributed by atoms with Crippen LogP contribution in [0.4, 0.5) is 0 Å². The van der Waals surface area contributed by atoms with Crippen LogP contribution in [0.1, 0.15) is 6.93 Å². The van der Waals surface area contributed by atoms with Crippen LogP contribution in [0.25, 0.3) is 10.9 Å². The van der Waals surface area contributed by atoms with Gasteiger partial charge >= 0.3 is 5.97 Å². The third-order valence-corrected chi connectivity index (χ3v) is 2.34. The molecular formula is C11H12N2O3. The van der Waals surface area contributed by atoms with Crippen LogP contribution >= 0.6 is 0 Å². The van der Waals surface area contributed by atoms with Crippen molar-refractivity contribution in [3.8, 4) is 5.75 Å². The third kappa shape index (κ3) is 1.85. The molecule has 1 heterocycles. The zero-order chi connectivity index (χ0) is 12.6. The summed E-state index contributed by atoms with van der Waals surface area (Å²) in [5.41, 5.74) is 6.61. The molecule has 1 aromatic heterocycles. The molecule has 1 aromatic carbocycles. The van der Waals surface area contributed by atoms with Crippen molar-refractivity contribution < 1.29 is 16.4 Å². The Labute approximate surface area is 92.9 Å². The number of aromatic hydroxyl groups is 1. The van der Waals surface area contributed by atoms with Crippen LogP contribution in [-0.2, 0) is 11.2 Å². The Morgan fingerprint density at radius 2 is 2.38 bits per heavy atom. The van der Waals surface area contributed by atoms with Gasteiger partial charge in [0.2, 0.25) is 0 Å². The molecule has 0 aliphatic carbocycles. The average molecular weight is 222 g/mol. The van der Waals surface area contributed by atoms with E-state index in [1.165, 1.54) is 12.1 Å². The lowest BCUT2D eigenvalue weighted by Gasteiger charge is -2.04. The van der Waals surface area contributed by atoms with Crippen molar-refractivity contribution in [2.45, 2.75) is 12.4 Å². The topological polar surface area (TPSA) is 99.3 Å². The van der Waals surface area contributed by atoms with Crippen LogP contribution in [0.2, 0.25) is 0 Å². The second-order valence-corrected chi connectivity index (χ2v) is 3.50. The molecule has 5 nitrogen and oxygen atoms in total. The number of phenolic OH excluding ortho intramolecular Hbond substituents is 1. The maximum absolute atomic E-state index is 10.7. The molecule has 0 aliphatic heterocycles. The maximum Gasteiger partial charge on any atom is 0.320 e. The molecular weight excluding hydrogens is 209 g/mol. The summed E-state index contributed by atoms with van der Waals surface area (Å²) in [4.78, 5) is 13.6. The summed E-state index contributed by atoms with van der Waals surface area (Å²) in [5, 5.41) is 18.8. The number of aromatic amines is 1. The molecule has 2 rings (SSSR count). The first-order chi connectivity index (χ1) is 8.00. The van der Waals surface area contributed by atoms with Crippen molar-refractivity contribution in [2.24, 2.45) is 5.73 Å². The van der Waals surface area contributed by atoms with Crippen LogP contribution in [0, 0.1) is 0 Å². The summed E-state index contributed by atoms with van der Waals surface area (Å²) >= 11 is 0. The van der Waals surface area contributed by atoms with Crippen LogP contribution < -0.4 is 5.73 Å². The minimum Gasteiger partial charge on any atom is -0.508 e. The summed E-state index contributed by atoms with van der Waals surface area (Å²) in [6.45, 7) is 0. The summed E-state index contributed by atoms with van der Waals surface area (Å²) in [5.74, 6) is -1.16. The van der Waals surface area contributed by atoms with Gasteiger partial charge in [0.15, 0.2) is 0 Å². The lowest BCUT2D eigenvalue weighted by atomic mass is 10.1. The SMILES string of the molecule is [2H]C(c1c[nH]c2ccc(O)cc12)[13C@H](N)C(=O)O. The average Bonchev–Trinajstić information content (AvgIpc) is 2.69. The number of benzene rings is 1. The molecule has 16 heavy (non-hydrogen) atoms. The van der Waals surface area contributed by atoms with E-state index in [2.05, 4.69) is 4.98 Å². The highest BCUT2D eigenvalue weighted by Gasteiger charge is 2.14. The normalized spacial score (nSPS) is 15.7. The molecule has 5 N–H and O–H groups in total. The van der Waals surface area contributed by atoms with Crippen molar-refractivity contribution in [3.63, 3.8) is 0 Å². The molecule has 0 saturated heterocycles. The highest BCUT2D eigenvalue weighted by Crippen LogP contribution is 2.23. The number of phenols is 1. The number of carboxylic acids is 1. The predicted molar refractivity (Wildman–Crippen MR) is 59.3 cm³/mol. The van der Waals surface area contributed by atoms with Crippen LogP contribution in [0.3, 0.4) is 0 Å². The van der Waals surface area contributed by atoms with E-state index < -0.39 is 18.4 Å². The molecule has 1 unspecified atom stereocenters. The van der Waals surface area contributed by atoms with E-state index in [0.29, 0.717) is 10.9 Å². The van der Waals surface area contributed by atoms with Gasteiger partial charge in [-0.15, -0.1) is 0 Å². The van der Waals surface area contributed by atoms with Crippen molar-refractivity contribution >= 4 is 16.9 Å². The highest BCUT2D eigenvalue weighted by atomic mass is 16.4. The van der Waals surface area contributed by atoms with Gasteiger partial charge in [-0.1, -0.05) is 0 Å². The molecule has 0 amide bonds. The molecule has 0 aliphatic rings. The van der Waals surface area contributed by atoms with E-state index >= 15 is 0 Å². The van der Waals surface area contributed by atoms with Gasteiger partial charge in [0, 0.05) is 24.9 Å². The van der Waals surface area contributed by atoms with E-state index in [4.69, 9.17) is 12.2 Å². The fraction of sp³-hybridized carbons (Fsp3) is 0.182. The van der Waals surface area contributed by atoms with Gasteiger partial charge < -0.3 is 20.9 Å². The van der Waals surface area contributed by atoms with Crippen molar-refractivity contribution in [1.29, 1.82) is 0 Å². The van der Waals surface area contributed by atoms with Gasteiger partial charge in [-0.25, -0.2) is 0 Å². The van der Waals surface area contributed by atoms with E-state index in [9.17, 15) is 9.90 Å². The third-order valence-electron chi connectivity index (χ3n) is 2.34. The Kier molecular flexibility index (Phi) is 2.23. The lowest BCUT2D eigenvalue weighted by molar-refractivity contribution is -0.138. The predicted octanol–water partition coefficient (Wildman–Crippen LogP) is 0.828. The van der Waals surface area contributed by atoms with Gasteiger partial charge in [-0.05, 0) is 23.8 Å². The summed E-state index contributed by atoms with van der Waals surface area (Å²) in [6, 6.07) is 3.36. The molecule has 0 saturated carbocycles. The number of aromatic nitrogens is 1. The number of aliphatic carboxylic acids is 1. The van der Waals surface area contributed by atoms with Crippen LogP contribution in [-0.4, -0.2) is 27.2 Å². The largest absolute Gasteiger partial charge is 0.508 e. The van der Waals surface area contributed by atoms with E-state index in [0.717, 1.165) is 5.52 Å². The molecule has 0 fully saturated rings. The molecule has 84 valence electrons. The molecule has 0 spiro atoms. The Balaban J connectivity index is 2.48. The van der Waals surface area contributed by atoms with Gasteiger partial charge in [0.1, 0.15) is 11.8 Å². The second kappa shape index (κ2) is 3.86. The number of carbonyl (C=O) groups is 1. The Bertz CT molecular complexity index is 567. The van der Waals surface area contributed by atoms with Gasteiger partial charge in [0.05, 0.1) is 0 Å². The first-order valence-electron chi connectivity index (χ1n) is 5.29. The first-order valence-corrected chi connectivity index (χ1v) is 4.71. The highest BCUT2D eigenvalue weighted by molar-refractivity contribution is 5.85. The Hall–Kier alpha value is -2.01. The summed E-state index contributed by atoms with van der Waals surface area (Å²) in [6.07, 6.45) is 0.466. The fourth-order valence-electron chi connectivity index (χ4n) is 1.53. The minimum atomic E-state index is -1.30. The zero-order valence-electron chi connectivity index (χ0n) is 9.34. The number of hydrogen-bond acceptors (Lipinski definition) is 3. The summed E-state index contributed by atoms with van der Waals surface area (Å²) < 4.78 is 7.81. The van der Waals surface area contributed by atoms with E-state index in [1.807, 2.05) is 0 Å². The van der Waals surface area contributed by atoms with E-state index in [1.54, 1.807) is 12.3 Å². The van der Waals surface area contributed by atoms with Gasteiger partial charge in [0.25, 0.3) is 0 Å². The Morgan fingerprint density at radius 1 is 1.62 bits per heavy atom. The lowest BCUT2D eigenvalue weighted by Crippen LogP contribution is -2.32. The number of hydrogen-bond donors (Lipinski definition) is 4. The van der Waals surface area contributed by atoms with Crippen LogP contribution in [0.5, 0.6) is 5.75 Å². The van der Waals surface area contributed by atoms with Crippen molar-refractivity contribution in [3.05, 3.63) is 30.0 Å². The number of rotatable bonds is 3. The number of nitrogens with two attached hydrogens (primary N) is 1. The first kappa shape index (κ1) is 9.23. The smallest absolute Gasteiger partial charge is 0.320 e. The maximum atomic E-state index is 10.7. The van der Waals surface area contributed by atoms with Crippen molar-refractivity contribution in [1.82, 2.24) is 4.98 Å². The van der Waals surface area contributed by atoms with Gasteiger partial charge in [-0.3, -0.25) is 4.79 Å². The molecule has 2 atom stereocenters. The zero-order valence-corrected chi connectivity index (χ0v) is 8.34. The Morgan fingerprint density at radius 3 is 3.06 bits per heavy atom. The van der Waals surface area contributed by atoms with Gasteiger partial charge in [-0.2, -0.15) is 0 Å². The standard InChI is InChI=1S/C11H12N2O3/c12-9(11(15)16)3-6-5-13-10-2-1-7(14)4-8(6)10/h1-2,4-5,9,13-14H,3,12H2,(H,15,16)/t9-/m0/s1/i3D,9+1/t3?,9-. The number of H-pyrrole nitrogens is 1.